The van der Waals surface area contributed by atoms with Crippen LogP contribution < -0.4 is 15.0 Å². The molecule has 7 nitrogen and oxygen atoms in total. The van der Waals surface area contributed by atoms with Crippen molar-refractivity contribution in [1.29, 1.82) is 0 Å². The van der Waals surface area contributed by atoms with E-state index < -0.39 is 23.3 Å². The van der Waals surface area contributed by atoms with Crippen LogP contribution in [-0.4, -0.2) is 76.6 Å². The van der Waals surface area contributed by atoms with Gasteiger partial charge in [-0.15, -0.1) is 0 Å². The minimum Gasteiger partial charge on any atom is -0.508 e. The van der Waals surface area contributed by atoms with Crippen LogP contribution in [0.1, 0.15) is 75.3 Å². The average Bonchev–Trinajstić information content (AvgIpc) is 3.54. The summed E-state index contributed by atoms with van der Waals surface area (Å²) >= 11 is 0. The Morgan fingerprint density at radius 2 is 1.91 bits per heavy atom. The largest absolute Gasteiger partial charge is 0.508 e. The number of anilines is 1. The number of aromatic hydroxyl groups is 1. The normalized spacial score (nSPS) is 30.1. The van der Waals surface area contributed by atoms with Crippen molar-refractivity contribution in [3.05, 3.63) is 41.0 Å². The molecule has 1 aromatic heterocycles. The van der Waals surface area contributed by atoms with Gasteiger partial charge in [-0.25, -0.2) is 13.2 Å². The third-order valence-corrected chi connectivity index (χ3v) is 12.1. The second kappa shape index (κ2) is 10.2. The van der Waals surface area contributed by atoms with Gasteiger partial charge in [0.15, 0.2) is 5.82 Å². The van der Waals surface area contributed by atoms with E-state index in [1.165, 1.54) is 12.1 Å². The van der Waals surface area contributed by atoms with Crippen molar-refractivity contribution in [1.82, 2.24) is 20.2 Å². The SMILES string of the molecule is Oc1cc2c(c(-c3c(F)cc4c(N5CC6CCCC5CN6)nc(OCC56CCCN5CC(F)C6)nc4c3F)c1)C1(CCC1)CC2. The number of aryl methyl sites for hydroxylation is 1. The summed E-state index contributed by atoms with van der Waals surface area (Å²) in [6.45, 7) is 2.94. The number of fused-ring (bicyclic) bond motifs is 8. The monoisotopic (exact) mass is 619 g/mol. The lowest BCUT2D eigenvalue weighted by Crippen LogP contribution is -2.54. The number of alkyl halides is 1. The molecule has 2 aromatic carbocycles. The zero-order valence-electron chi connectivity index (χ0n) is 25.6. The Morgan fingerprint density at radius 1 is 1.02 bits per heavy atom. The van der Waals surface area contributed by atoms with E-state index in [-0.39, 0.29) is 46.9 Å². The number of benzene rings is 2. The molecule has 7 aliphatic rings. The Labute approximate surface area is 261 Å². The molecule has 0 amide bonds. The third-order valence-electron chi connectivity index (χ3n) is 12.1. The van der Waals surface area contributed by atoms with Crippen LogP contribution in [0, 0.1) is 11.6 Å². The number of piperazine rings is 1. The van der Waals surface area contributed by atoms with Gasteiger partial charge in [-0.3, -0.25) is 4.90 Å². The maximum Gasteiger partial charge on any atom is 0.319 e. The number of nitrogens with one attached hydrogen (secondary N) is 1. The Morgan fingerprint density at radius 3 is 2.76 bits per heavy atom. The highest BCUT2D eigenvalue weighted by molar-refractivity contribution is 5.94. The van der Waals surface area contributed by atoms with E-state index in [0.717, 1.165) is 88.4 Å². The molecule has 3 aromatic rings. The summed E-state index contributed by atoms with van der Waals surface area (Å²) in [6, 6.07) is 5.12. The lowest BCUT2D eigenvalue weighted by molar-refractivity contribution is 0.107. The number of hydrogen-bond acceptors (Lipinski definition) is 7. The molecule has 1 spiro atoms. The summed E-state index contributed by atoms with van der Waals surface area (Å²) in [5, 5.41) is 14.6. The van der Waals surface area contributed by atoms with Crippen LogP contribution in [0.2, 0.25) is 0 Å². The van der Waals surface area contributed by atoms with Gasteiger partial charge in [0.2, 0.25) is 0 Å². The lowest BCUT2D eigenvalue weighted by Gasteiger charge is -2.40. The van der Waals surface area contributed by atoms with E-state index in [4.69, 9.17) is 9.72 Å². The van der Waals surface area contributed by atoms with Crippen molar-refractivity contribution in [2.75, 3.05) is 37.7 Å². The van der Waals surface area contributed by atoms with Crippen molar-refractivity contribution in [3.63, 3.8) is 0 Å². The molecule has 2 bridgehead atoms. The number of phenols is 1. The van der Waals surface area contributed by atoms with Crippen molar-refractivity contribution in [2.24, 2.45) is 0 Å². The molecule has 2 N–H and O–H groups in total. The number of hydrogen-bond donors (Lipinski definition) is 2. The van der Waals surface area contributed by atoms with Crippen molar-refractivity contribution >= 4 is 16.7 Å². The van der Waals surface area contributed by atoms with Crippen LogP contribution in [0.5, 0.6) is 11.8 Å². The molecule has 4 atom stereocenters. The summed E-state index contributed by atoms with van der Waals surface area (Å²) in [7, 11) is 0. The third kappa shape index (κ3) is 4.30. The van der Waals surface area contributed by atoms with Crippen molar-refractivity contribution < 1.29 is 23.0 Å². The highest BCUT2D eigenvalue weighted by Crippen LogP contribution is 2.57. The minimum atomic E-state index is -0.895. The molecule has 238 valence electrons. The molecule has 45 heavy (non-hydrogen) atoms. The number of phenolic OH excluding ortho intramolecular Hbond substituents is 1. The van der Waals surface area contributed by atoms with E-state index in [2.05, 4.69) is 20.1 Å². The molecule has 6 heterocycles. The predicted molar refractivity (Wildman–Crippen MR) is 166 cm³/mol. The Kier molecular flexibility index (Phi) is 6.37. The molecule has 5 saturated heterocycles. The number of nitrogens with zero attached hydrogens (tertiary/aromatic N) is 4. The number of ether oxygens (including phenoxy) is 1. The van der Waals surface area contributed by atoms with Gasteiger partial charge in [0.1, 0.15) is 35.7 Å². The van der Waals surface area contributed by atoms with Gasteiger partial charge in [-0.2, -0.15) is 9.97 Å². The summed E-state index contributed by atoms with van der Waals surface area (Å²) in [6.07, 6.45) is 9.20. The quantitative estimate of drug-likeness (QED) is 0.367. The maximum absolute atomic E-state index is 17.0. The fraction of sp³-hybridized carbons (Fsp3) is 0.600. The van der Waals surface area contributed by atoms with Gasteiger partial charge in [-0.05, 0) is 105 Å². The van der Waals surface area contributed by atoms with Crippen molar-refractivity contribution in [3.8, 4) is 22.9 Å². The second-order valence-corrected chi connectivity index (χ2v) is 14.6. The zero-order valence-corrected chi connectivity index (χ0v) is 25.6. The maximum atomic E-state index is 17.0. The molecular weight excluding hydrogens is 579 g/mol. The van der Waals surface area contributed by atoms with E-state index in [9.17, 15) is 9.50 Å². The zero-order chi connectivity index (χ0) is 30.5. The van der Waals surface area contributed by atoms with Gasteiger partial charge in [0, 0.05) is 43.5 Å². The van der Waals surface area contributed by atoms with Gasteiger partial charge in [0.05, 0.1) is 11.1 Å². The van der Waals surface area contributed by atoms with E-state index in [0.29, 0.717) is 36.3 Å². The van der Waals surface area contributed by atoms with Crippen LogP contribution in [0.15, 0.2) is 18.2 Å². The summed E-state index contributed by atoms with van der Waals surface area (Å²) < 4.78 is 54.3. The van der Waals surface area contributed by atoms with E-state index in [1.54, 1.807) is 6.07 Å². The van der Waals surface area contributed by atoms with Crippen LogP contribution in [0.3, 0.4) is 0 Å². The van der Waals surface area contributed by atoms with Gasteiger partial charge >= 0.3 is 6.01 Å². The molecule has 4 unspecified atom stereocenters. The van der Waals surface area contributed by atoms with E-state index >= 15 is 8.78 Å². The highest BCUT2D eigenvalue weighted by atomic mass is 19.1. The fourth-order valence-electron chi connectivity index (χ4n) is 9.82. The minimum absolute atomic E-state index is 0.0163. The number of halogens is 3. The standard InChI is InChI=1S/C35H40F3N5O2/c36-21-15-35(9-3-11-42(35)17-21)19-45-33-40-31-26(32(41-33)43-18-22-4-1-5-23(43)16-39-22)14-27(37)28(30(31)38)25-13-24(44)12-20-6-10-34(29(20)25)7-2-8-34/h12-14,21-23,39,44H,1-11,15-19H2. The van der Waals surface area contributed by atoms with Crippen LogP contribution in [0.4, 0.5) is 19.0 Å². The van der Waals surface area contributed by atoms with Crippen molar-refractivity contribution in [2.45, 2.75) is 99.8 Å². The fourth-order valence-corrected chi connectivity index (χ4v) is 9.82. The Hall–Kier alpha value is -3.11. The topological polar surface area (TPSA) is 73.8 Å². The van der Waals surface area contributed by atoms with Crippen LogP contribution >= 0.6 is 0 Å². The summed E-state index contributed by atoms with van der Waals surface area (Å²) in [4.78, 5) is 13.8. The first kappa shape index (κ1) is 28.1. The highest BCUT2D eigenvalue weighted by Gasteiger charge is 2.50. The first-order valence-electron chi connectivity index (χ1n) is 16.9. The van der Waals surface area contributed by atoms with Gasteiger partial charge in [-0.1, -0.05) is 6.42 Å². The Balaban J connectivity index is 1.20. The van der Waals surface area contributed by atoms with Crippen LogP contribution in [-0.2, 0) is 11.8 Å². The number of rotatable bonds is 5. The second-order valence-electron chi connectivity index (χ2n) is 14.6. The molecule has 5 aliphatic heterocycles. The smallest absolute Gasteiger partial charge is 0.319 e. The molecule has 0 radical (unpaired) electrons. The van der Waals surface area contributed by atoms with E-state index in [1.807, 2.05) is 0 Å². The average molecular weight is 620 g/mol. The van der Waals surface area contributed by atoms with Gasteiger partial charge in [0.25, 0.3) is 0 Å². The molecular formula is C35H40F3N5O2. The molecule has 10 heteroatoms. The first-order chi connectivity index (χ1) is 21.8. The van der Waals surface area contributed by atoms with Crippen LogP contribution in [0.25, 0.3) is 22.0 Å². The summed E-state index contributed by atoms with van der Waals surface area (Å²) in [5.41, 5.74) is 1.77. The first-order valence-corrected chi connectivity index (χ1v) is 16.9. The molecule has 10 rings (SSSR count). The van der Waals surface area contributed by atoms with Gasteiger partial charge < -0.3 is 20.1 Å². The number of aromatic nitrogens is 2. The predicted octanol–water partition coefficient (Wildman–Crippen LogP) is 5.93. The molecule has 2 aliphatic carbocycles. The summed E-state index contributed by atoms with van der Waals surface area (Å²) in [5.74, 6) is -0.921. The Bertz CT molecular complexity index is 1690. The molecule has 6 fully saturated rings. The lowest BCUT2D eigenvalue weighted by atomic mass is 9.63. The molecule has 1 saturated carbocycles.